The quantitative estimate of drug-likeness (QED) is 0.0363. The zero-order valence-corrected chi connectivity index (χ0v) is 35.7. The standard InChI is InChI=1S/C47H81NO7/c1-5-8-19-26-42(4)39-45(49)52-35-24-17-13-11-15-22-30-47(54-41-44(55-47)29-32-48-33-37-51-38-34-48)31-23-16-12-14-18-25-36-53-46(50)40-43(27-20-9-6-2)28-21-10-7-3/h27,42-44H,2,5,7-8,10-19,21-26,28-41H2,1,3-4H3. The molecule has 316 valence electrons. The summed E-state index contributed by atoms with van der Waals surface area (Å²) in [5.74, 6) is -0.0595. The van der Waals surface area contributed by atoms with Crippen molar-refractivity contribution < 1.29 is 33.3 Å². The Morgan fingerprint density at radius 1 is 0.782 bits per heavy atom. The van der Waals surface area contributed by atoms with Crippen molar-refractivity contribution in [3.05, 3.63) is 29.8 Å². The van der Waals surface area contributed by atoms with Gasteiger partial charge < -0.3 is 23.7 Å². The summed E-state index contributed by atoms with van der Waals surface area (Å²) in [7, 11) is 0. The molecular formula is C47H81NO7. The van der Waals surface area contributed by atoms with Crippen LogP contribution in [-0.2, 0) is 33.3 Å². The van der Waals surface area contributed by atoms with Crippen LogP contribution < -0.4 is 0 Å². The van der Waals surface area contributed by atoms with E-state index < -0.39 is 5.79 Å². The lowest BCUT2D eigenvalue weighted by molar-refractivity contribution is -0.180. The van der Waals surface area contributed by atoms with Crippen molar-refractivity contribution in [2.24, 2.45) is 11.8 Å². The van der Waals surface area contributed by atoms with Gasteiger partial charge in [0.05, 0.1) is 45.6 Å². The lowest BCUT2D eigenvalue weighted by Crippen LogP contribution is -2.38. The first-order chi connectivity index (χ1) is 26.9. The molecule has 4 atom stereocenters. The molecule has 0 radical (unpaired) electrons. The highest BCUT2D eigenvalue weighted by Gasteiger charge is 2.40. The average Bonchev–Trinajstić information content (AvgIpc) is 3.59. The van der Waals surface area contributed by atoms with Gasteiger partial charge in [-0.05, 0) is 68.7 Å². The molecule has 55 heavy (non-hydrogen) atoms. The first-order valence-electron chi connectivity index (χ1n) is 22.7. The van der Waals surface area contributed by atoms with Crippen LogP contribution >= 0.6 is 0 Å². The number of unbranched alkanes of at least 4 members (excludes halogenated alkanes) is 14. The molecule has 0 aromatic carbocycles. The number of carbonyl (C=O) groups excluding carboxylic acids is 2. The molecular weight excluding hydrogens is 691 g/mol. The Morgan fingerprint density at radius 3 is 1.95 bits per heavy atom. The van der Waals surface area contributed by atoms with Crippen molar-refractivity contribution in [2.75, 3.05) is 52.7 Å². The number of esters is 2. The first-order valence-corrected chi connectivity index (χ1v) is 22.7. The summed E-state index contributed by atoms with van der Waals surface area (Å²) in [5.41, 5.74) is 8.28. The number of carbonyl (C=O) groups is 2. The van der Waals surface area contributed by atoms with E-state index >= 15 is 0 Å². The number of allylic oxidation sites excluding steroid dienone is 1. The molecule has 0 amide bonds. The highest BCUT2D eigenvalue weighted by atomic mass is 16.7. The van der Waals surface area contributed by atoms with Crippen LogP contribution in [-0.4, -0.2) is 81.4 Å². The van der Waals surface area contributed by atoms with Crippen LogP contribution in [0.5, 0.6) is 0 Å². The lowest BCUT2D eigenvalue weighted by atomic mass is 9.98. The predicted octanol–water partition coefficient (Wildman–Crippen LogP) is 11.2. The van der Waals surface area contributed by atoms with Gasteiger partial charge in [0.15, 0.2) is 5.79 Å². The molecule has 8 heteroatoms. The predicted molar refractivity (Wildman–Crippen MR) is 223 cm³/mol. The second-order valence-electron chi connectivity index (χ2n) is 16.3. The molecule has 0 saturated carbocycles. The highest BCUT2D eigenvalue weighted by molar-refractivity contribution is 5.70. The third kappa shape index (κ3) is 25.7. The molecule has 2 heterocycles. The topological polar surface area (TPSA) is 83.5 Å². The van der Waals surface area contributed by atoms with Gasteiger partial charge in [-0.2, -0.15) is 0 Å². The number of rotatable bonds is 34. The minimum absolute atomic E-state index is 0.0330. The number of ether oxygens (including phenoxy) is 5. The first kappa shape index (κ1) is 49.0. The minimum Gasteiger partial charge on any atom is -0.466 e. The van der Waals surface area contributed by atoms with Crippen molar-refractivity contribution >= 4 is 11.9 Å². The zero-order valence-electron chi connectivity index (χ0n) is 35.7. The van der Waals surface area contributed by atoms with Crippen molar-refractivity contribution in [3.63, 3.8) is 0 Å². The van der Waals surface area contributed by atoms with Gasteiger partial charge in [-0.1, -0.05) is 129 Å². The van der Waals surface area contributed by atoms with Gasteiger partial charge in [-0.3, -0.25) is 14.5 Å². The van der Waals surface area contributed by atoms with Crippen molar-refractivity contribution in [3.8, 4) is 0 Å². The van der Waals surface area contributed by atoms with E-state index in [1.807, 2.05) is 6.08 Å². The van der Waals surface area contributed by atoms with Gasteiger partial charge in [0.2, 0.25) is 0 Å². The summed E-state index contributed by atoms with van der Waals surface area (Å²) in [6, 6.07) is 0. The summed E-state index contributed by atoms with van der Waals surface area (Å²) >= 11 is 0. The van der Waals surface area contributed by atoms with Crippen LogP contribution in [0.1, 0.15) is 181 Å². The largest absolute Gasteiger partial charge is 0.466 e. The molecule has 0 aromatic rings. The molecule has 4 unspecified atom stereocenters. The van der Waals surface area contributed by atoms with Gasteiger partial charge in [0.1, 0.15) is 0 Å². The summed E-state index contributed by atoms with van der Waals surface area (Å²) < 4.78 is 29.9. The fraction of sp³-hybridized carbons (Fsp3) is 0.851. The van der Waals surface area contributed by atoms with Crippen molar-refractivity contribution in [1.29, 1.82) is 0 Å². The monoisotopic (exact) mass is 772 g/mol. The fourth-order valence-electron chi connectivity index (χ4n) is 7.65. The van der Waals surface area contributed by atoms with Gasteiger partial charge in [0.25, 0.3) is 0 Å². The molecule has 0 bridgehead atoms. The summed E-state index contributed by atoms with van der Waals surface area (Å²) in [6.45, 7) is 16.5. The van der Waals surface area contributed by atoms with Crippen LogP contribution in [0.4, 0.5) is 0 Å². The number of nitrogens with zero attached hydrogens (tertiary/aromatic N) is 1. The molecule has 2 rings (SSSR count). The maximum atomic E-state index is 12.5. The maximum Gasteiger partial charge on any atom is 0.306 e. The molecule has 2 fully saturated rings. The Balaban J connectivity index is 1.63. The molecule has 8 nitrogen and oxygen atoms in total. The Bertz CT molecular complexity index is 1100. The average molecular weight is 772 g/mol. The Morgan fingerprint density at radius 2 is 1.35 bits per heavy atom. The number of morpholine rings is 1. The van der Waals surface area contributed by atoms with Gasteiger partial charge >= 0.3 is 11.9 Å². The number of hydrogen-bond acceptors (Lipinski definition) is 8. The molecule has 2 aliphatic rings. The molecule has 0 spiro atoms. The molecule has 2 aliphatic heterocycles. The fourth-order valence-corrected chi connectivity index (χ4v) is 7.65. The van der Waals surface area contributed by atoms with Crippen molar-refractivity contribution in [2.45, 2.75) is 193 Å². The normalized spacial score (nSPS) is 19.6. The Labute approximate surface area is 336 Å². The van der Waals surface area contributed by atoms with Gasteiger partial charge in [-0.25, -0.2) is 0 Å². The summed E-state index contributed by atoms with van der Waals surface area (Å²) in [5, 5.41) is 0. The lowest BCUT2D eigenvalue weighted by Gasteiger charge is -2.30. The second kappa shape index (κ2) is 32.9. The molecule has 2 saturated heterocycles. The second-order valence-corrected chi connectivity index (χ2v) is 16.3. The van der Waals surface area contributed by atoms with E-state index in [1.54, 1.807) is 0 Å². The third-order valence-corrected chi connectivity index (χ3v) is 11.1. The van der Waals surface area contributed by atoms with Crippen LogP contribution in [0.25, 0.3) is 0 Å². The van der Waals surface area contributed by atoms with E-state index in [2.05, 4.69) is 49.4 Å². The minimum atomic E-state index is -0.451. The van der Waals surface area contributed by atoms with E-state index in [0.29, 0.717) is 38.6 Å². The molecule has 0 N–H and O–H groups in total. The van der Waals surface area contributed by atoms with E-state index in [-0.39, 0.29) is 24.0 Å². The van der Waals surface area contributed by atoms with Gasteiger partial charge in [-0.15, -0.1) is 0 Å². The molecule has 0 aromatic heterocycles. The summed E-state index contributed by atoms with van der Waals surface area (Å²) in [6.07, 6.45) is 28.4. The summed E-state index contributed by atoms with van der Waals surface area (Å²) in [4.78, 5) is 27.1. The SMILES string of the molecule is C=C=C=C=CC(CCCCC)CC(=O)OCCCCCCCCC1(CCCCCCCCOC(=O)CC(C)CCCCC)OCC(CCN2CCOCC2)O1. The zero-order chi connectivity index (χ0) is 39.7. The van der Waals surface area contributed by atoms with Crippen LogP contribution in [0.3, 0.4) is 0 Å². The Kier molecular flexibility index (Phi) is 29.3. The Hall–Kier alpha value is -2.14. The van der Waals surface area contributed by atoms with E-state index in [1.165, 1.54) is 51.4 Å². The maximum absolute atomic E-state index is 12.5. The molecule has 0 aliphatic carbocycles. The van der Waals surface area contributed by atoms with Crippen LogP contribution in [0.2, 0.25) is 0 Å². The van der Waals surface area contributed by atoms with Gasteiger partial charge in [0, 0.05) is 38.9 Å². The van der Waals surface area contributed by atoms with Crippen LogP contribution in [0, 0.1) is 11.8 Å². The third-order valence-electron chi connectivity index (χ3n) is 11.1. The number of hydrogen-bond donors (Lipinski definition) is 0. The van der Waals surface area contributed by atoms with E-state index in [0.717, 1.165) is 129 Å². The van der Waals surface area contributed by atoms with E-state index in [4.69, 9.17) is 23.7 Å². The smallest absolute Gasteiger partial charge is 0.306 e. The van der Waals surface area contributed by atoms with E-state index in [9.17, 15) is 9.59 Å². The van der Waals surface area contributed by atoms with Crippen molar-refractivity contribution in [1.82, 2.24) is 4.90 Å². The van der Waals surface area contributed by atoms with Crippen LogP contribution in [0.15, 0.2) is 29.8 Å². The highest BCUT2D eigenvalue weighted by Crippen LogP contribution is 2.36.